The molecule has 1 saturated heterocycles. The Bertz CT molecular complexity index is 356. The van der Waals surface area contributed by atoms with Gasteiger partial charge >= 0.3 is 0 Å². The fraction of sp³-hybridized carbons (Fsp3) is 0.889. The standard InChI is InChI=1S/C18H30O2/c1-12-7-15-8-13(2)10-18(9-12,11-15)17-16(19-4)14(3)5-6-20-17/h12-13,15-17H,3,5-11H2,1-2,4H3/t12-,13?,15-,16?,17?,18?/m1/s1. The van der Waals surface area contributed by atoms with E-state index in [1.165, 1.54) is 37.7 Å². The lowest BCUT2D eigenvalue weighted by molar-refractivity contribution is -0.165. The van der Waals surface area contributed by atoms with Gasteiger partial charge in [0.05, 0.1) is 12.7 Å². The van der Waals surface area contributed by atoms with E-state index in [-0.39, 0.29) is 12.2 Å². The van der Waals surface area contributed by atoms with Gasteiger partial charge < -0.3 is 9.47 Å². The Labute approximate surface area is 123 Å². The van der Waals surface area contributed by atoms with Crippen LogP contribution >= 0.6 is 0 Å². The second-order valence-electron chi connectivity index (χ2n) is 7.88. The Kier molecular flexibility index (Phi) is 3.98. The van der Waals surface area contributed by atoms with Crippen LogP contribution in [-0.2, 0) is 9.47 Å². The van der Waals surface area contributed by atoms with Crippen molar-refractivity contribution in [1.29, 1.82) is 0 Å². The fourth-order valence-electron chi connectivity index (χ4n) is 5.68. The first kappa shape index (κ1) is 14.6. The third-order valence-electron chi connectivity index (χ3n) is 5.93. The summed E-state index contributed by atoms with van der Waals surface area (Å²) in [7, 11) is 1.82. The molecule has 2 heteroatoms. The third-order valence-corrected chi connectivity index (χ3v) is 5.93. The summed E-state index contributed by atoms with van der Waals surface area (Å²) < 4.78 is 12.1. The molecule has 3 fully saturated rings. The minimum atomic E-state index is 0.111. The van der Waals surface area contributed by atoms with Crippen LogP contribution in [0.3, 0.4) is 0 Å². The number of hydrogen-bond donors (Lipinski definition) is 0. The van der Waals surface area contributed by atoms with Crippen molar-refractivity contribution in [2.75, 3.05) is 13.7 Å². The molecule has 20 heavy (non-hydrogen) atoms. The van der Waals surface area contributed by atoms with Gasteiger partial charge in [0.25, 0.3) is 0 Å². The van der Waals surface area contributed by atoms with E-state index in [2.05, 4.69) is 20.4 Å². The second kappa shape index (κ2) is 5.46. The molecule has 114 valence electrons. The third kappa shape index (κ3) is 2.46. The summed E-state index contributed by atoms with van der Waals surface area (Å²) in [5.74, 6) is 2.56. The highest BCUT2D eigenvalue weighted by Crippen LogP contribution is 2.56. The molecule has 0 amide bonds. The molecular weight excluding hydrogens is 248 g/mol. The second-order valence-corrected chi connectivity index (χ2v) is 7.88. The van der Waals surface area contributed by atoms with Crippen molar-refractivity contribution in [3.63, 3.8) is 0 Å². The fourth-order valence-corrected chi connectivity index (χ4v) is 5.68. The van der Waals surface area contributed by atoms with Crippen LogP contribution in [0.1, 0.15) is 52.4 Å². The van der Waals surface area contributed by atoms with Gasteiger partial charge in [0.1, 0.15) is 6.10 Å². The molecule has 2 bridgehead atoms. The van der Waals surface area contributed by atoms with Gasteiger partial charge in [-0.25, -0.2) is 0 Å². The number of fused-ring (bicyclic) bond motifs is 2. The van der Waals surface area contributed by atoms with Crippen LogP contribution in [0.25, 0.3) is 0 Å². The maximum absolute atomic E-state index is 6.28. The Morgan fingerprint density at radius 3 is 2.40 bits per heavy atom. The molecule has 1 heterocycles. The van der Waals surface area contributed by atoms with Gasteiger partial charge in [0, 0.05) is 12.5 Å². The Hall–Kier alpha value is -0.340. The van der Waals surface area contributed by atoms with Gasteiger partial charge in [0.2, 0.25) is 0 Å². The van der Waals surface area contributed by atoms with Crippen molar-refractivity contribution in [1.82, 2.24) is 0 Å². The quantitative estimate of drug-likeness (QED) is 0.705. The molecule has 0 aromatic carbocycles. The van der Waals surface area contributed by atoms with Crippen molar-refractivity contribution >= 4 is 0 Å². The molecule has 3 rings (SSSR count). The monoisotopic (exact) mass is 278 g/mol. The van der Waals surface area contributed by atoms with E-state index >= 15 is 0 Å². The van der Waals surface area contributed by atoms with E-state index in [1.54, 1.807) is 0 Å². The highest BCUT2D eigenvalue weighted by atomic mass is 16.5. The predicted octanol–water partition coefficient (Wildman–Crippen LogP) is 4.20. The van der Waals surface area contributed by atoms with Crippen molar-refractivity contribution in [3.8, 4) is 0 Å². The summed E-state index contributed by atoms with van der Waals surface area (Å²) >= 11 is 0. The van der Waals surface area contributed by atoms with Gasteiger partial charge in [-0.1, -0.05) is 20.4 Å². The molecule has 4 unspecified atom stereocenters. The van der Waals surface area contributed by atoms with Crippen LogP contribution in [0.15, 0.2) is 12.2 Å². The van der Waals surface area contributed by atoms with Crippen LogP contribution in [0.5, 0.6) is 0 Å². The van der Waals surface area contributed by atoms with Crippen LogP contribution in [0.4, 0.5) is 0 Å². The molecule has 0 radical (unpaired) electrons. The van der Waals surface area contributed by atoms with Gasteiger partial charge in [-0.15, -0.1) is 0 Å². The minimum absolute atomic E-state index is 0.111. The molecule has 2 saturated carbocycles. The van der Waals surface area contributed by atoms with Gasteiger partial charge in [-0.2, -0.15) is 0 Å². The van der Waals surface area contributed by atoms with Gasteiger partial charge in [-0.05, 0) is 61.9 Å². The average molecular weight is 278 g/mol. The van der Waals surface area contributed by atoms with E-state index < -0.39 is 0 Å². The Balaban J connectivity index is 1.89. The largest absolute Gasteiger partial charge is 0.374 e. The summed E-state index contributed by atoms with van der Waals surface area (Å²) in [6, 6.07) is 0. The Morgan fingerprint density at radius 1 is 1.15 bits per heavy atom. The predicted molar refractivity (Wildman–Crippen MR) is 81.6 cm³/mol. The molecule has 1 aliphatic heterocycles. The van der Waals surface area contributed by atoms with Crippen molar-refractivity contribution in [3.05, 3.63) is 12.2 Å². The molecule has 3 aliphatic rings. The molecule has 0 aromatic heterocycles. The van der Waals surface area contributed by atoms with Crippen molar-refractivity contribution < 1.29 is 9.47 Å². The zero-order valence-corrected chi connectivity index (χ0v) is 13.4. The van der Waals surface area contributed by atoms with E-state index in [0.717, 1.165) is 30.8 Å². The lowest BCUT2D eigenvalue weighted by Gasteiger charge is -2.55. The van der Waals surface area contributed by atoms with Crippen LogP contribution in [0.2, 0.25) is 0 Å². The van der Waals surface area contributed by atoms with E-state index in [4.69, 9.17) is 9.47 Å². The highest BCUT2D eigenvalue weighted by Gasteiger charge is 2.52. The smallest absolute Gasteiger partial charge is 0.105 e. The first-order chi connectivity index (χ1) is 9.54. The summed E-state index contributed by atoms with van der Waals surface area (Å²) in [4.78, 5) is 0. The van der Waals surface area contributed by atoms with E-state index in [0.29, 0.717) is 5.41 Å². The van der Waals surface area contributed by atoms with Crippen molar-refractivity contribution in [2.24, 2.45) is 23.2 Å². The number of methoxy groups -OCH3 is 1. The SMILES string of the molecule is C=C1CCOC(C23CC(C)C[C@@H](C[C@@H](C)C2)C3)C1OC. The zero-order valence-electron chi connectivity index (χ0n) is 13.4. The van der Waals surface area contributed by atoms with Gasteiger partial charge in [-0.3, -0.25) is 0 Å². The first-order valence-electron chi connectivity index (χ1n) is 8.36. The molecule has 6 atom stereocenters. The summed E-state index contributed by atoms with van der Waals surface area (Å²) in [5.41, 5.74) is 1.58. The summed E-state index contributed by atoms with van der Waals surface area (Å²) in [5, 5.41) is 0. The maximum atomic E-state index is 6.28. The van der Waals surface area contributed by atoms with Crippen LogP contribution in [0, 0.1) is 23.2 Å². The molecule has 2 nitrogen and oxygen atoms in total. The van der Waals surface area contributed by atoms with Crippen LogP contribution in [-0.4, -0.2) is 25.9 Å². The average Bonchev–Trinajstić information content (AvgIpc) is 2.36. The molecule has 2 aliphatic carbocycles. The molecular formula is C18H30O2. The summed E-state index contributed by atoms with van der Waals surface area (Å²) in [6.07, 6.45) is 8.10. The topological polar surface area (TPSA) is 18.5 Å². The minimum Gasteiger partial charge on any atom is -0.374 e. The zero-order chi connectivity index (χ0) is 14.3. The molecule has 0 N–H and O–H groups in total. The molecule has 0 spiro atoms. The summed E-state index contributed by atoms with van der Waals surface area (Å²) in [6.45, 7) is 9.93. The normalized spacial score (nSPS) is 49.1. The van der Waals surface area contributed by atoms with Crippen molar-refractivity contribution in [2.45, 2.75) is 64.6 Å². The van der Waals surface area contributed by atoms with Gasteiger partial charge in [0.15, 0.2) is 0 Å². The van der Waals surface area contributed by atoms with Crippen LogP contribution < -0.4 is 0 Å². The highest BCUT2D eigenvalue weighted by molar-refractivity contribution is 5.14. The first-order valence-corrected chi connectivity index (χ1v) is 8.36. The molecule has 0 aromatic rings. The number of hydrogen-bond acceptors (Lipinski definition) is 2. The lowest BCUT2D eigenvalue weighted by Crippen LogP contribution is -2.54. The number of rotatable bonds is 2. The maximum Gasteiger partial charge on any atom is 0.105 e. The lowest BCUT2D eigenvalue weighted by atomic mass is 9.53. The Morgan fingerprint density at radius 2 is 1.80 bits per heavy atom. The van der Waals surface area contributed by atoms with E-state index in [9.17, 15) is 0 Å². The van der Waals surface area contributed by atoms with E-state index in [1.807, 2.05) is 7.11 Å². The number of ether oxygens (including phenoxy) is 2.